The fraction of sp³-hybridized carbons (Fsp3) is 0.235. The van der Waals surface area contributed by atoms with Crippen LogP contribution in [0.1, 0.15) is 30.1 Å². The summed E-state index contributed by atoms with van der Waals surface area (Å²) in [4.78, 5) is 10.9. The third-order valence-electron chi connectivity index (χ3n) is 3.40. The van der Waals surface area contributed by atoms with Crippen molar-refractivity contribution in [3.63, 3.8) is 0 Å². The second kappa shape index (κ2) is 7.28. The third kappa shape index (κ3) is 4.56. The smallest absolute Gasteiger partial charge is 0.335 e. The number of para-hydroxylation sites is 1. The van der Waals surface area contributed by atoms with E-state index in [9.17, 15) is 13.2 Å². The maximum absolute atomic E-state index is 12.1. The van der Waals surface area contributed by atoms with E-state index in [1.165, 1.54) is 12.1 Å². The van der Waals surface area contributed by atoms with Gasteiger partial charge in [0.05, 0.1) is 17.0 Å². The van der Waals surface area contributed by atoms with Crippen molar-refractivity contribution in [3.05, 3.63) is 54.1 Å². The first kappa shape index (κ1) is 17.0. The largest absolute Gasteiger partial charge is 0.478 e. The highest BCUT2D eigenvalue weighted by atomic mass is 32.2. The van der Waals surface area contributed by atoms with Crippen LogP contribution in [0.25, 0.3) is 11.1 Å². The Bertz CT molecular complexity index is 782. The Morgan fingerprint density at radius 2 is 1.74 bits per heavy atom. The quantitative estimate of drug-likeness (QED) is 0.811. The molecule has 0 amide bonds. The van der Waals surface area contributed by atoms with Gasteiger partial charge in [0.15, 0.2) is 0 Å². The number of carbonyl (C=O) groups is 1. The molecule has 0 fully saturated rings. The van der Waals surface area contributed by atoms with Gasteiger partial charge < -0.3 is 5.11 Å². The van der Waals surface area contributed by atoms with Crippen LogP contribution in [-0.2, 0) is 10.0 Å². The van der Waals surface area contributed by atoms with Crippen molar-refractivity contribution < 1.29 is 18.3 Å². The number of unbranched alkanes of at least 4 members (excludes halogenated alkanes) is 1. The summed E-state index contributed by atoms with van der Waals surface area (Å²) in [5, 5.41) is 8.94. The van der Waals surface area contributed by atoms with Gasteiger partial charge in [-0.25, -0.2) is 13.2 Å². The van der Waals surface area contributed by atoms with Crippen LogP contribution in [0.2, 0.25) is 0 Å². The van der Waals surface area contributed by atoms with Crippen molar-refractivity contribution in [3.8, 4) is 11.1 Å². The number of hydrogen-bond acceptors (Lipinski definition) is 3. The van der Waals surface area contributed by atoms with Crippen LogP contribution < -0.4 is 4.72 Å². The Morgan fingerprint density at radius 3 is 2.35 bits per heavy atom. The number of nitrogens with one attached hydrogen (secondary N) is 1. The lowest BCUT2D eigenvalue weighted by molar-refractivity contribution is 0.0697. The first-order chi connectivity index (χ1) is 10.9. The fourth-order valence-electron chi connectivity index (χ4n) is 2.17. The van der Waals surface area contributed by atoms with Crippen LogP contribution >= 0.6 is 0 Å². The average molecular weight is 333 g/mol. The molecule has 2 N–H and O–H groups in total. The van der Waals surface area contributed by atoms with E-state index in [0.29, 0.717) is 17.7 Å². The highest BCUT2D eigenvalue weighted by Gasteiger charge is 2.13. The van der Waals surface area contributed by atoms with Crippen molar-refractivity contribution in [2.75, 3.05) is 10.5 Å². The minimum absolute atomic E-state index is 0.0792. The van der Waals surface area contributed by atoms with E-state index in [2.05, 4.69) is 4.72 Å². The average Bonchev–Trinajstić information content (AvgIpc) is 2.53. The van der Waals surface area contributed by atoms with Gasteiger partial charge in [-0.1, -0.05) is 43.7 Å². The summed E-state index contributed by atoms with van der Waals surface area (Å²) in [7, 11) is -3.39. The number of anilines is 1. The van der Waals surface area contributed by atoms with Gasteiger partial charge in [0.2, 0.25) is 10.0 Å². The molecule has 0 atom stereocenters. The molecular formula is C17H19NO4S. The second-order valence-corrected chi connectivity index (χ2v) is 7.04. The summed E-state index contributed by atoms with van der Waals surface area (Å²) in [5.41, 5.74) is 2.15. The highest BCUT2D eigenvalue weighted by Crippen LogP contribution is 2.29. The van der Waals surface area contributed by atoms with Gasteiger partial charge in [-0.3, -0.25) is 4.72 Å². The van der Waals surface area contributed by atoms with Crippen molar-refractivity contribution in [2.45, 2.75) is 19.8 Å². The Labute approximate surface area is 136 Å². The van der Waals surface area contributed by atoms with E-state index in [4.69, 9.17) is 5.11 Å². The highest BCUT2D eigenvalue weighted by molar-refractivity contribution is 7.92. The SMILES string of the molecule is CCCCS(=O)(=O)Nc1ccccc1-c1ccc(C(=O)O)cc1. The van der Waals surface area contributed by atoms with Gasteiger partial charge in [-0.2, -0.15) is 0 Å². The predicted molar refractivity (Wildman–Crippen MR) is 91.2 cm³/mol. The number of hydrogen-bond donors (Lipinski definition) is 2. The second-order valence-electron chi connectivity index (χ2n) is 5.20. The fourth-order valence-corrected chi connectivity index (χ4v) is 3.45. The summed E-state index contributed by atoms with van der Waals surface area (Å²) in [5.74, 6) is -0.916. The predicted octanol–water partition coefficient (Wildman–Crippen LogP) is 3.59. The van der Waals surface area contributed by atoms with Crippen LogP contribution in [-0.4, -0.2) is 25.2 Å². The van der Waals surface area contributed by atoms with Crippen molar-refractivity contribution >= 4 is 21.7 Å². The molecule has 23 heavy (non-hydrogen) atoms. The maximum Gasteiger partial charge on any atom is 0.335 e. The molecule has 0 radical (unpaired) electrons. The summed E-state index contributed by atoms with van der Waals surface area (Å²) in [6.45, 7) is 1.94. The summed E-state index contributed by atoms with van der Waals surface area (Å²) >= 11 is 0. The Morgan fingerprint density at radius 1 is 1.09 bits per heavy atom. The van der Waals surface area contributed by atoms with Crippen LogP contribution in [0.3, 0.4) is 0 Å². The minimum Gasteiger partial charge on any atom is -0.478 e. The maximum atomic E-state index is 12.1. The molecule has 6 heteroatoms. The standard InChI is InChI=1S/C17H19NO4S/c1-2-3-12-23(21,22)18-16-7-5-4-6-15(16)13-8-10-14(11-9-13)17(19)20/h4-11,18H,2-3,12H2,1H3,(H,19,20). The number of carboxylic acids is 1. The lowest BCUT2D eigenvalue weighted by Crippen LogP contribution is -2.17. The monoisotopic (exact) mass is 333 g/mol. The van der Waals surface area contributed by atoms with E-state index in [1.807, 2.05) is 13.0 Å². The molecule has 2 aromatic carbocycles. The topological polar surface area (TPSA) is 83.5 Å². The van der Waals surface area contributed by atoms with Gasteiger partial charge in [0.1, 0.15) is 0 Å². The summed E-state index contributed by atoms with van der Waals surface area (Å²) < 4.78 is 26.8. The van der Waals surface area contributed by atoms with Crippen LogP contribution in [0, 0.1) is 0 Å². The molecule has 0 spiro atoms. The number of benzene rings is 2. The Hall–Kier alpha value is -2.34. The Kier molecular flexibility index (Phi) is 5.39. The number of aromatic carboxylic acids is 1. The van der Waals surface area contributed by atoms with Crippen molar-refractivity contribution in [2.24, 2.45) is 0 Å². The molecule has 0 unspecified atom stereocenters. The van der Waals surface area contributed by atoms with E-state index < -0.39 is 16.0 Å². The van der Waals surface area contributed by atoms with Gasteiger partial charge >= 0.3 is 5.97 Å². The molecule has 0 bridgehead atoms. The van der Waals surface area contributed by atoms with E-state index >= 15 is 0 Å². The molecule has 5 nitrogen and oxygen atoms in total. The van der Waals surface area contributed by atoms with E-state index in [-0.39, 0.29) is 11.3 Å². The van der Waals surface area contributed by atoms with E-state index in [0.717, 1.165) is 12.0 Å². The molecule has 2 rings (SSSR count). The Balaban J connectivity index is 2.32. The van der Waals surface area contributed by atoms with Crippen LogP contribution in [0.5, 0.6) is 0 Å². The molecule has 0 saturated carbocycles. The zero-order valence-corrected chi connectivity index (χ0v) is 13.6. The lowest BCUT2D eigenvalue weighted by Gasteiger charge is -2.13. The van der Waals surface area contributed by atoms with Gasteiger partial charge in [-0.15, -0.1) is 0 Å². The first-order valence-electron chi connectivity index (χ1n) is 7.36. The zero-order chi connectivity index (χ0) is 16.9. The molecule has 0 aliphatic rings. The molecule has 0 saturated heterocycles. The van der Waals surface area contributed by atoms with Gasteiger partial charge in [0.25, 0.3) is 0 Å². The van der Waals surface area contributed by atoms with Gasteiger partial charge in [0, 0.05) is 5.56 Å². The normalized spacial score (nSPS) is 11.2. The molecule has 0 aliphatic heterocycles. The third-order valence-corrected chi connectivity index (χ3v) is 4.76. The van der Waals surface area contributed by atoms with E-state index in [1.54, 1.807) is 30.3 Å². The van der Waals surface area contributed by atoms with Crippen LogP contribution in [0.4, 0.5) is 5.69 Å². The number of rotatable bonds is 7. The molecule has 122 valence electrons. The molecule has 0 heterocycles. The molecule has 0 aliphatic carbocycles. The molecule has 2 aromatic rings. The summed E-state index contributed by atoms with van der Waals surface area (Å²) in [6, 6.07) is 13.4. The first-order valence-corrected chi connectivity index (χ1v) is 9.01. The summed E-state index contributed by atoms with van der Waals surface area (Å²) in [6.07, 6.45) is 1.41. The van der Waals surface area contributed by atoms with Crippen molar-refractivity contribution in [1.29, 1.82) is 0 Å². The van der Waals surface area contributed by atoms with Crippen LogP contribution in [0.15, 0.2) is 48.5 Å². The van der Waals surface area contributed by atoms with Crippen molar-refractivity contribution in [1.82, 2.24) is 0 Å². The molecular weight excluding hydrogens is 314 g/mol. The van der Waals surface area contributed by atoms with Gasteiger partial charge in [-0.05, 0) is 30.2 Å². The number of sulfonamides is 1. The molecule has 0 aromatic heterocycles. The zero-order valence-electron chi connectivity index (χ0n) is 12.8. The number of carboxylic acid groups (broad SMARTS) is 1. The lowest BCUT2D eigenvalue weighted by atomic mass is 10.0. The minimum atomic E-state index is -3.39.